The highest BCUT2D eigenvalue weighted by molar-refractivity contribution is 5.96. The topological polar surface area (TPSA) is 260 Å². The number of rotatable bonds is 16. The number of nitrogens with two attached hydrogens (primary N) is 2. The average molecular weight is 488 g/mol. The van der Waals surface area contributed by atoms with Gasteiger partial charge in [-0.2, -0.15) is 0 Å². The Labute approximate surface area is 195 Å². The molecule has 15 nitrogen and oxygen atoms in total. The van der Waals surface area contributed by atoms with Crippen LogP contribution in [0.3, 0.4) is 0 Å². The van der Waals surface area contributed by atoms with Crippen molar-refractivity contribution < 1.29 is 43.8 Å². The second-order valence-electron chi connectivity index (χ2n) is 7.85. The number of carbonyl (C=O) groups excluding carboxylic acids is 5. The molecule has 5 amide bonds. The van der Waals surface area contributed by atoms with Crippen molar-refractivity contribution >= 4 is 41.5 Å². The van der Waals surface area contributed by atoms with Crippen LogP contribution in [0, 0.1) is 5.92 Å². The first kappa shape index (κ1) is 30.2. The van der Waals surface area contributed by atoms with Crippen LogP contribution in [-0.2, 0) is 33.6 Å². The number of carbonyl (C=O) groups is 7. The number of primary amides is 1. The van der Waals surface area contributed by atoms with Gasteiger partial charge in [0.2, 0.25) is 29.5 Å². The Kier molecular flexibility index (Phi) is 13.5. The predicted octanol–water partition coefficient (Wildman–Crippen LogP) is -3.61. The van der Waals surface area contributed by atoms with Crippen LogP contribution in [0.2, 0.25) is 0 Å². The summed E-state index contributed by atoms with van der Waals surface area (Å²) in [5, 5.41) is 26.1. The second kappa shape index (κ2) is 15.2. The minimum Gasteiger partial charge on any atom is -0.481 e. The van der Waals surface area contributed by atoms with Gasteiger partial charge in [0.1, 0.15) is 18.6 Å². The summed E-state index contributed by atoms with van der Waals surface area (Å²) >= 11 is 0. The van der Waals surface area contributed by atoms with E-state index in [4.69, 9.17) is 21.7 Å². The van der Waals surface area contributed by atoms with E-state index in [-0.39, 0.29) is 25.2 Å². The first-order valence-electron chi connectivity index (χ1n) is 10.4. The van der Waals surface area contributed by atoms with E-state index in [2.05, 4.69) is 16.0 Å². The van der Waals surface area contributed by atoms with Crippen LogP contribution in [-0.4, -0.2) is 82.9 Å². The van der Waals surface area contributed by atoms with Gasteiger partial charge in [-0.3, -0.25) is 33.6 Å². The molecule has 0 aliphatic heterocycles. The maximum absolute atomic E-state index is 12.8. The highest BCUT2D eigenvalue weighted by atomic mass is 16.4. The van der Waals surface area contributed by atoms with Crippen LogP contribution in [0.5, 0.6) is 0 Å². The summed E-state index contributed by atoms with van der Waals surface area (Å²) in [6, 6.07) is -3.83. The summed E-state index contributed by atoms with van der Waals surface area (Å²) in [6.45, 7) is 2.24. The number of hydrogen-bond acceptors (Lipinski definition) is 8. The van der Waals surface area contributed by atoms with Crippen molar-refractivity contribution in [2.24, 2.45) is 17.4 Å². The lowest BCUT2D eigenvalue weighted by Gasteiger charge is -2.24. The smallest absolute Gasteiger partial charge is 0.322 e. The van der Waals surface area contributed by atoms with Gasteiger partial charge in [0.25, 0.3) is 0 Å². The third kappa shape index (κ3) is 13.6. The van der Waals surface area contributed by atoms with Gasteiger partial charge in [-0.1, -0.05) is 13.8 Å². The van der Waals surface area contributed by atoms with Crippen molar-refractivity contribution in [3.63, 3.8) is 0 Å². The Hall–Kier alpha value is -3.75. The monoisotopic (exact) mass is 488 g/mol. The standard InChI is InChI=1S/C19H32N6O9/c1-9(2)5-11(24-17(32)10(20)3-4-15(28)29)19(34)25-12(6-13(21)26)18(33)23-7-14(27)22-8-16(30)31/h9-12H,3-8,20H2,1-2H3,(H2,21,26)(H,22,27)(H,23,33)(H,24,32)(H,25,34)(H,28,29)(H,30,31)/t10-,11+,12-/m0/s1. The summed E-state index contributed by atoms with van der Waals surface area (Å²) < 4.78 is 0. The molecule has 0 aliphatic carbocycles. The largest absolute Gasteiger partial charge is 0.481 e. The van der Waals surface area contributed by atoms with E-state index >= 15 is 0 Å². The van der Waals surface area contributed by atoms with E-state index in [1.54, 1.807) is 13.8 Å². The van der Waals surface area contributed by atoms with Crippen LogP contribution in [0.1, 0.15) is 39.5 Å². The van der Waals surface area contributed by atoms with Gasteiger partial charge in [-0.25, -0.2) is 0 Å². The van der Waals surface area contributed by atoms with Gasteiger partial charge in [0.05, 0.1) is 19.0 Å². The molecule has 0 bridgehead atoms. The van der Waals surface area contributed by atoms with E-state index < -0.39 is 79.1 Å². The summed E-state index contributed by atoms with van der Waals surface area (Å²) in [4.78, 5) is 81.5. The number of aliphatic carboxylic acids is 2. The van der Waals surface area contributed by atoms with Crippen LogP contribution < -0.4 is 32.7 Å². The van der Waals surface area contributed by atoms with Crippen LogP contribution in [0.25, 0.3) is 0 Å². The predicted molar refractivity (Wildman–Crippen MR) is 116 cm³/mol. The highest BCUT2D eigenvalue weighted by Gasteiger charge is 2.29. The molecule has 0 unspecified atom stereocenters. The molecule has 0 saturated heterocycles. The SMILES string of the molecule is CC(C)C[C@@H](NC(=O)[C@@H](N)CCC(=O)O)C(=O)N[C@@H](CC(N)=O)C(=O)NCC(=O)NCC(=O)O. The first-order chi connectivity index (χ1) is 15.7. The van der Waals surface area contributed by atoms with Crippen LogP contribution >= 0.6 is 0 Å². The lowest BCUT2D eigenvalue weighted by Crippen LogP contribution is -2.57. The van der Waals surface area contributed by atoms with Gasteiger partial charge in [0.15, 0.2) is 0 Å². The van der Waals surface area contributed by atoms with E-state index in [0.717, 1.165) is 0 Å². The molecule has 15 heteroatoms. The fourth-order valence-corrected chi connectivity index (χ4v) is 2.60. The number of nitrogens with one attached hydrogen (secondary N) is 4. The third-order valence-corrected chi connectivity index (χ3v) is 4.24. The van der Waals surface area contributed by atoms with Crippen molar-refractivity contribution in [1.82, 2.24) is 21.3 Å². The van der Waals surface area contributed by atoms with Crippen LogP contribution in [0.15, 0.2) is 0 Å². The second-order valence-corrected chi connectivity index (χ2v) is 7.85. The minimum atomic E-state index is -1.48. The molecule has 0 fully saturated rings. The minimum absolute atomic E-state index is 0.0901. The Morgan fingerprint density at radius 3 is 1.88 bits per heavy atom. The Morgan fingerprint density at radius 1 is 0.794 bits per heavy atom. The lowest BCUT2D eigenvalue weighted by molar-refractivity contribution is -0.138. The number of hydrogen-bond donors (Lipinski definition) is 8. The Morgan fingerprint density at radius 2 is 1.38 bits per heavy atom. The molecule has 0 spiro atoms. The van der Waals surface area contributed by atoms with E-state index in [1.165, 1.54) is 0 Å². The molecule has 0 aliphatic rings. The molecule has 192 valence electrons. The molecular weight excluding hydrogens is 456 g/mol. The summed E-state index contributed by atoms with van der Waals surface area (Å²) in [5.74, 6) is -6.82. The zero-order chi connectivity index (χ0) is 26.4. The normalized spacial score (nSPS) is 13.2. The van der Waals surface area contributed by atoms with Crippen LogP contribution in [0.4, 0.5) is 0 Å². The maximum atomic E-state index is 12.8. The van der Waals surface area contributed by atoms with E-state index in [0.29, 0.717) is 0 Å². The lowest BCUT2D eigenvalue weighted by atomic mass is 10.0. The molecule has 0 radical (unpaired) electrons. The molecule has 10 N–H and O–H groups in total. The highest BCUT2D eigenvalue weighted by Crippen LogP contribution is 2.07. The molecule has 0 aromatic rings. The summed E-state index contributed by atoms with van der Waals surface area (Å²) in [6.07, 6.45) is -0.995. The van der Waals surface area contributed by atoms with E-state index in [9.17, 15) is 33.6 Å². The van der Waals surface area contributed by atoms with Crippen molar-refractivity contribution in [3.8, 4) is 0 Å². The van der Waals surface area contributed by atoms with Crippen molar-refractivity contribution in [2.75, 3.05) is 13.1 Å². The molecule has 0 saturated carbocycles. The number of carboxylic acid groups (broad SMARTS) is 2. The van der Waals surface area contributed by atoms with Crippen molar-refractivity contribution in [2.45, 2.75) is 57.7 Å². The number of amides is 5. The van der Waals surface area contributed by atoms with Gasteiger partial charge in [-0.15, -0.1) is 0 Å². The molecule has 0 heterocycles. The summed E-state index contributed by atoms with van der Waals surface area (Å²) in [5.41, 5.74) is 10.8. The zero-order valence-corrected chi connectivity index (χ0v) is 19.0. The average Bonchev–Trinajstić information content (AvgIpc) is 2.72. The third-order valence-electron chi connectivity index (χ3n) is 4.24. The molecule has 0 aromatic heterocycles. The molecule has 0 rings (SSSR count). The van der Waals surface area contributed by atoms with Crippen molar-refractivity contribution in [3.05, 3.63) is 0 Å². The first-order valence-corrected chi connectivity index (χ1v) is 10.4. The fraction of sp³-hybridized carbons (Fsp3) is 0.632. The molecule has 0 aromatic carbocycles. The Balaban J connectivity index is 5.23. The van der Waals surface area contributed by atoms with E-state index in [1.807, 2.05) is 5.32 Å². The summed E-state index contributed by atoms with van der Waals surface area (Å²) in [7, 11) is 0. The quantitative estimate of drug-likeness (QED) is 0.106. The van der Waals surface area contributed by atoms with Gasteiger partial charge < -0.3 is 42.9 Å². The molecular formula is C19H32N6O9. The zero-order valence-electron chi connectivity index (χ0n) is 19.0. The van der Waals surface area contributed by atoms with Gasteiger partial charge in [-0.05, 0) is 18.8 Å². The number of carboxylic acids is 2. The fourth-order valence-electron chi connectivity index (χ4n) is 2.60. The van der Waals surface area contributed by atoms with Gasteiger partial charge >= 0.3 is 11.9 Å². The van der Waals surface area contributed by atoms with Gasteiger partial charge in [0, 0.05) is 6.42 Å². The molecule has 34 heavy (non-hydrogen) atoms. The Bertz CT molecular complexity index is 786. The van der Waals surface area contributed by atoms with Crippen molar-refractivity contribution in [1.29, 1.82) is 0 Å². The molecule has 3 atom stereocenters. The maximum Gasteiger partial charge on any atom is 0.322 e.